The van der Waals surface area contributed by atoms with Crippen LogP contribution >= 0.6 is 0 Å². The number of hydrogen-bond acceptors (Lipinski definition) is 8. The van der Waals surface area contributed by atoms with Gasteiger partial charge >= 0.3 is 11.8 Å². The Hall–Kier alpha value is -6.52. The first-order chi connectivity index (χ1) is 31.5. The Morgan fingerprint density at radius 1 is 0.924 bits per heavy atom. The summed E-state index contributed by atoms with van der Waals surface area (Å²) in [7, 11) is 1.78. The minimum atomic E-state index is -0.699. The average Bonchev–Trinajstić information content (AvgIpc) is 3.77. The van der Waals surface area contributed by atoms with Crippen molar-refractivity contribution in [2.24, 2.45) is 5.92 Å². The molecule has 1 aliphatic carbocycles. The van der Waals surface area contributed by atoms with Gasteiger partial charge < -0.3 is 23.9 Å². The van der Waals surface area contributed by atoms with Gasteiger partial charge in [0.15, 0.2) is 0 Å². The molecular formula is C50H54FN9O6. The molecule has 3 aromatic carbocycles. The summed E-state index contributed by atoms with van der Waals surface area (Å²) < 4.78 is 28.1. The van der Waals surface area contributed by atoms with Crippen molar-refractivity contribution in [1.29, 1.82) is 0 Å². The number of carbonyl (C=O) groups excluding carboxylic acids is 3. The molecule has 5 aliphatic rings. The first-order valence-corrected chi connectivity index (χ1v) is 22.9. The maximum absolute atomic E-state index is 15.6. The third kappa shape index (κ3) is 6.54. The molecule has 2 unspecified atom stereocenters. The quantitative estimate of drug-likeness (QED) is 0.178. The van der Waals surface area contributed by atoms with E-state index in [-0.39, 0.29) is 41.3 Å². The van der Waals surface area contributed by atoms with Crippen molar-refractivity contribution < 1.29 is 28.3 Å². The lowest BCUT2D eigenvalue weighted by atomic mass is 9.83. The van der Waals surface area contributed by atoms with Gasteiger partial charge in [-0.15, -0.1) is 5.48 Å². The minimum Gasteiger partial charge on any atom is -0.376 e. The van der Waals surface area contributed by atoms with E-state index in [4.69, 9.17) is 14.7 Å². The van der Waals surface area contributed by atoms with Crippen LogP contribution in [0.2, 0.25) is 0 Å². The second-order valence-electron chi connectivity index (χ2n) is 19.8. The van der Waals surface area contributed by atoms with Crippen molar-refractivity contribution >= 4 is 28.8 Å². The summed E-state index contributed by atoms with van der Waals surface area (Å²) in [5.74, 6) is 0.322. The van der Waals surface area contributed by atoms with Crippen molar-refractivity contribution in [3.05, 3.63) is 128 Å². The molecule has 2 N–H and O–H groups in total. The van der Waals surface area contributed by atoms with Gasteiger partial charge in [0.25, 0.3) is 5.91 Å². The number of halogens is 1. The predicted octanol–water partition coefficient (Wildman–Crippen LogP) is 6.78. The second kappa shape index (κ2) is 15.0. The van der Waals surface area contributed by atoms with Gasteiger partial charge in [-0.3, -0.25) is 24.0 Å². The van der Waals surface area contributed by atoms with E-state index in [1.807, 2.05) is 36.1 Å². The Morgan fingerprint density at radius 2 is 1.68 bits per heavy atom. The fourth-order valence-electron chi connectivity index (χ4n) is 11.4. The van der Waals surface area contributed by atoms with Gasteiger partial charge in [0.05, 0.1) is 40.7 Å². The lowest BCUT2D eigenvalue weighted by Crippen LogP contribution is -2.49. The summed E-state index contributed by atoms with van der Waals surface area (Å²) in [6.07, 6.45) is 5.36. The maximum atomic E-state index is 15.6. The summed E-state index contributed by atoms with van der Waals surface area (Å²) in [5.41, 5.74) is 9.57. The number of benzene rings is 3. The van der Waals surface area contributed by atoms with E-state index in [1.165, 1.54) is 5.56 Å². The van der Waals surface area contributed by atoms with Crippen LogP contribution in [0.15, 0.2) is 71.8 Å². The van der Waals surface area contributed by atoms with Crippen molar-refractivity contribution in [2.75, 3.05) is 20.2 Å². The van der Waals surface area contributed by atoms with Gasteiger partial charge in [0, 0.05) is 62.0 Å². The van der Waals surface area contributed by atoms with Crippen LogP contribution in [0.5, 0.6) is 0 Å². The van der Waals surface area contributed by atoms with E-state index >= 15 is 9.18 Å². The van der Waals surface area contributed by atoms with Crippen molar-refractivity contribution in [3.8, 4) is 17.2 Å². The number of amides is 3. The molecule has 0 spiro atoms. The summed E-state index contributed by atoms with van der Waals surface area (Å²) in [4.78, 5) is 64.3. The number of fused-ring (bicyclic) bond motifs is 3. The summed E-state index contributed by atoms with van der Waals surface area (Å²) in [5, 5.41) is 9.01. The van der Waals surface area contributed by atoms with E-state index in [9.17, 15) is 14.4 Å². The average molecular weight is 896 g/mol. The number of rotatable bonds is 7. The predicted molar refractivity (Wildman–Crippen MR) is 243 cm³/mol. The Kier molecular flexibility index (Phi) is 9.58. The lowest BCUT2D eigenvalue weighted by Gasteiger charge is -2.36. The molecule has 0 radical (unpaired) electrons. The molecule has 5 atom stereocenters. The van der Waals surface area contributed by atoms with Gasteiger partial charge in [-0.25, -0.2) is 18.7 Å². The summed E-state index contributed by atoms with van der Waals surface area (Å²) in [6.45, 7) is 13.3. The highest BCUT2D eigenvalue weighted by Crippen LogP contribution is 2.55. The number of aryl methyl sites for hydroxylation is 2. The maximum Gasteiger partial charge on any atom is 0.427 e. The number of hydrogen-bond donors (Lipinski definition) is 2. The number of imidazole rings is 1. The van der Waals surface area contributed by atoms with E-state index < -0.39 is 23.8 Å². The zero-order valence-corrected chi connectivity index (χ0v) is 38.3. The molecule has 6 aromatic rings. The van der Waals surface area contributed by atoms with Crippen LogP contribution in [0.3, 0.4) is 0 Å². The molecule has 11 rings (SSSR count). The lowest BCUT2D eigenvalue weighted by molar-refractivity contribution is -0.130. The molecule has 3 fully saturated rings. The van der Waals surface area contributed by atoms with Crippen LogP contribution in [0.4, 0.5) is 9.18 Å². The normalized spacial score (nSPS) is 24.6. The molecular weight excluding hydrogens is 842 g/mol. The number of aromatic nitrogens is 5. The van der Waals surface area contributed by atoms with E-state index in [0.29, 0.717) is 78.0 Å². The monoisotopic (exact) mass is 895 g/mol. The van der Waals surface area contributed by atoms with Crippen LogP contribution in [0, 0.1) is 25.6 Å². The molecule has 4 aliphatic heterocycles. The van der Waals surface area contributed by atoms with Gasteiger partial charge in [0.2, 0.25) is 5.91 Å². The molecule has 16 heteroatoms. The van der Waals surface area contributed by atoms with Crippen LogP contribution < -0.4 is 16.5 Å². The van der Waals surface area contributed by atoms with Crippen LogP contribution in [0.25, 0.3) is 28.1 Å². The van der Waals surface area contributed by atoms with Crippen LogP contribution in [-0.2, 0) is 39.3 Å². The molecule has 342 valence electrons. The summed E-state index contributed by atoms with van der Waals surface area (Å²) in [6, 6.07) is 17.1. The number of ether oxygens (including phenoxy) is 1. The topological polar surface area (TPSA) is 150 Å². The van der Waals surface area contributed by atoms with E-state index in [1.54, 1.807) is 64.1 Å². The Bertz CT molecular complexity index is 3080. The minimum absolute atomic E-state index is 0.0140. The SMILES string of the molecule is Cc1cc(-n2nc3c(c2-n2ccn(-c4ccc5c(c4)CC(=O)N(C)C5)c2=O)[C@H](C)N(C(=O)c2cc4cc(C5CCOC(C)(C)C5)ccc4n2[C@@]2(C4NOC(=O)N4)C[C@@H]2C)CC3)cc(C)c1F. The molecule has 3 amide bonds. The van der Waals surface area contributed by atoms with Gasteiger partial charge in [0.1, 0.15) is 23.5 Å². The first kappa shape index (κ1) is 42.1. The second-order valence-corrected chi connectivity index (χ2v) is 19.8. The fourth-order valence-corrected chi connectivity index (χ4v) is 11.4. The number of hydroxylamine groups is 1. The van der Waals surface area contributed by atoms with Gasteiger partial charge in [-0.05, 0) is 136 Å². The highest BCUT2D eigenvalue weighted by atomic mass is 19.1. The Morgan fingerprint density at radius 3 is 2.39 bits per heavy atom. The molecule has 1 saturated carbocycles. The molecule has 2 saturated heterocycles. The number of likely N-dealkylation sites (N-methyl/N-ethyl adjacent to an activating group) is 1. The molecule has 66 heavy (non-hydrogen) atoms. The number of nitrogens with one attached hydrogen (secondary N) is 2. The fraction of sp³-hybridized carbons (Fsp3) is 0.420. The largest absolute Gasteiger partial charge is 0.427 e. The zero-order chi connectivity index (χ0) is 46.1. The molecule has 15 nitrogen and oxygen atoms in total. The summed E-state index contributed by atoms with van der Waals surface area (Å²) >= 11 is 0. The van der Waals surface area contributed by atoms with E-state index in [2.05, 4.69) is 54.3 Å². The Labute approximate surface area is 381 Å². The third-order valence-corrected chi connectivity index (χ3v) is 15.0. The van der Waals surface area contributed by atoms with Crippen molar-refractivity contribution in [3.63, 3.8) is 0 Å². The Balaban J connectivity index is 1.03. The number of carbonyl (C=O) groups is 3. The number of nitrogens with zero attached hydrogens (tertiary/aromatic N) is 7. The molecule has 0 bridgehead atoms. The molecule has 3 aromatic heterocycles. The van der Waals surface area contributed by atoms with Crippen molar-refractivity contribution in [2.45, 2.75) is 109 Å². The highest BCUT2D eigenvalue weighted by molar-refractivity contribution is 6.00. The first-order valence-electron chi connectivity index (χ1n) is 22.9. The van der Waals surface area contributed by atoms with Crippen molar-refractivity contribution in [1.82, 2.24) is 44.1 Å². The van der Waals surface area contributed by atoms with Gasteiger partial charge in [-0.1, -0.05) is 19.1 Å². The smallest absolute Gasteiger partial charge is 0.376 e. The van der Waals surface area contributed by atoms with Crippen LogP contribution in [-0.4, -0.2) is 83.2 Å². The standard InChI is InChI=1S/C50H54FN9O6/c1-27-18-37(19-28(2)43(27)51)60-44(58-16-15-57(48(58)64)36-10-8-33-26-55(7)41(61)23-34(33)21-36)42-30(4)56(14-12-38(42)53-60)45(62)40-22-35-20-31(32-13-17-65-49(5,6)25-32)9-11-39(35)59(40)50(24-29(50)3)46-52-47(63)66-54-46/h8-11,15-16,18-22,29-30,32,46,54H,12-14,17,23-26H2,1-7H3,(H,52,63)/t29-,30-,32?,46?,50-/m0/s1. The van der Waals surface area contributed by atoms with Crippen LogP contribution in [0.1, 0.15) is 108 Å². The van der Waals surface area contributed by atoms with Gasteiger partial charge in [-0.2, -0.15) is 5.10 Å². The highest BCUT2D eigenvalue weighted by Gasteiger charge is 2.62. The zero-order valence-electron chi connectivity index (χ0n) is 38.3. The van der Waals surface area contributed by atoms with E-state index in [0.717, 1.165) is 40.6 Å². The molecule has 7 heterocycles. The third-order valence-electron chi connectivity index (χ3n) is 15.0.